The number of hydrogen-bond donors (Lipinski definition) is 2. The van der Waals surface area contributed by atoms with Gasteiger partial charge >= 0.3 is 0 Å². The molecule has 0 aromatic heterocycles. The van der Waals surface area contributed by atoms with Gasteiger partial charge in [0, 0.05) is 0 Å². The summed E-state index contributed by atoms with van der Waals surface area (Å²) in [5.74, 6) is 1.38. The third kappa shape index (κ3) is 4.39. The van der Waals surface area contributed by atoms with E-state index in [9.17, 15) is 10.2 Å². The fraction of sp³-hybridized carbons (Fsp3) is 0.625. The zero-order valence-corrected chi connectivity index (χ0v) is 12.4. The van der Waals surface area contributed by atoms with E-state index >= 15 is 0 Å². The Morgan fingerprint density at radius 3 is 2.79 bits per heavy atom. The highest BCUT2D eigenvalue weighted by molar-refractivity contribution is 5.85. The number of benzene rings is 1. The van der Waals surface area contributed by atoms with Gasteiger partial charge in [0.05, 0.1) is 6.10 Å². The van der Waals surface area contributed by atoms with Gasteiger partial charge in [-0.3, -0.25) is 0 Å². The van der Waals surface area contributed by atoms with Crippen LogP contribution < -0.4 is 0 Å². The second-order valence-electron chi connectivity index (χ2n) is 5.62. The van der Waals surface area contributed by atoms with Crippen molar-refractivity contribution in [2.24, 2.45) is 11.8 Å². The van der Waals surface area contributed by atoms with Gasteiger partial charge in [0.25, 0.3) is 0 Å². The zero-order valence-electron chi connectivity index (χ0n) is 11.6. The molecule has 2 rings (SSSR count). The fourth-order valence-electron chi connectivity index (χ4n) is 3.27. The summed E-state index contributed by atoms with van der Waals surface area (Å²) < 4.78 is 0. The van der Waals surface area contributed by atoms with Gasteiger partial charge in [-0.15, -0.1) is 12.4 Å². The number of aromatic hydroxyl groups is 1. The largest absolute Gasteiger partial charge is 0.508 e. The lowest BCUT2D eigenvalue weighted by atomic mass is 9.76. The van der Waals surface area contributed by atoms with Gasteiger partial charge in [-0.1, -0.05) is 44.7 Å². The highest BCUT2D eigenvalue weighted by Gasteiger charge is 2.27. The maximum Gasteiger partial charge on any atom is 0.115 e. The molecule has 0 amide bonds. The van der Waals surface area contributed by atoms with Crippen molar-refractivity contribution in [1.29, 1.82) is 0 Å². The topological polar surface area (TPSA) is 40.5 Å². The molecule has 1 aromatic carbocycles. The first-order valence-corrected chi connectivity index (χ1v) is 7.17. The molecule has 2 N–H and O–H groups in total. The Kier molecular flexibility index (Phi) is 6.67. The molecular formula is C16H25ClO2. The summed E-state index contributed by atoms with van der Waals surface area (Å²) in [5, 5.41) is 19.9. The van der Waals surface area contributed by atoms with Crippen LogP contribution in [-0.2, 0) is 0 Å². The monoisotopic (exact) mass is 284 g/mol. The predicted octanol–water partition coefficient (Wildman–Crippen LogP) is 4.45. The van der Waals surface area contributed by atoms with Gasteiger partial charge in [0.15, 0.2) is 0 Å². The van der Waals surface area contributed by atoms with E-state index in [4.69, 9.17) is 0 Å². The summed E-state index contributed by atoms with van der Waals surface area (Å²) in [6.07, 6.45) is 6.88. The molecule has 3 heteroatoms. The molecule has 108 valence electrons. The summed E-state index contributed by atoms with van der Waals surface area (Å²) in [5.41, 5.74) is 0.858. The standard InChI is InChI=1S/C16H24O2.ClH/c1-2-5-12-6-3-7-13(10-12)16(18)14-8-4-9-15(17)11-14;/h4,8-9,11-13,16-18H,2-3,5-7,10H2,1H3;1H/t12-,13-,16+;/m1./s1. The van der Waals surface area contributed by atoms with Gasteiger partial charge in [-0.2, -0.15) is 0 Å². The number of halogens is 1. The lowest BCUT2D eigenvalue weighted by Crippen LogP contribution is -2.21. The van der Waals surface area contributed by atoms with E-state index in [0.717, 1.165) is 24.3 Å². The number of aliphatic hydroxyl groups excluding tert-OH is 1. The molecule has 1 saturated carbocycles. The third-order valence-corrected chi connectivity index (χ3v) is 4.18. The van der Waals surface area contributed by atoms with Crippen LogP contribution >= 0.6 is 12.4 Å². The molecule has 0 unspecified atom stereocenters. The average Bonchev–Trinajstić information content (AvgIpc) is 2.39. The number of phenols is 1. The van der Waals surface area contributed by atoms with Crippen LogP contribution in [0.3, 0.4) is 0 Å². The molecule has 2 nitrogen and oxygen atoms in total. The van der Waals surface area contributed by atoms with E-state index < -0.39 is 6.10 Å². The third-order valence-electron chi connectivity index (χ3n) is 4.18. The molecule has 0 aliphatic heterocycles. The van der Waals surface area contributed by atoms with E-state index in [1.54, 1.807) is 18.2 Å². The van der Waals surface area contributed by atoms with Crippen LogP contribution in [0.15, 0.2) is 24.3 Å². The summed E-state index contributed by atoms with van der Waals surface area (Å²) in [4.78, 5) is 0. The quantitative estimate of drug-likeness (QED) is 0.857. The summed E-state index contributed by atoms with van der Waals surface area (Å²) in [6, 6.07) is 7.05. The van der Waals surface area contributed by atoms with Crippen LogP contribution in [0, 0.1) is 11.8 Å². The van der Waals surface area contributed by atoms with E-state index in [1.165, 1.54) is 25.7 Å². The molecule has 3 atom stereocenters. The maximum atomic E-state index is 10.4. The van der Waals surface area contributed by atoms with Crippen LogP contribution in [-0.4, -0.2) is 10.2 Å². The molecule has 19 heavy (non-hydrogen) atoms. The maximum absolute atomic E-state index is 10.4. The summed E-state index contributed by atoms with van der Waals surface area (Å²) in [7, 11) is 0. The van der Waals surface area contributed by atoms with Gasteiger partial charge < -0.3 is 10.2 Å². The highest BCUT2D eigenvalue weighted by Crippen LogP contribution is 2.39. The van der Waals surface area contributed by atoms with Crippen LogP contribution in [0.1, 0.15) is 57.1 Å². The van der Waals surface area contributed by atoms with Crippen molar-refractivity contribution in [2.75, 3.05) is 0 Å². The predicted molar refractivity (Wildman–Crippen MR) is 80.7 cm³/mol. The first-order chi connectivity index (χ1) is 8.70. The molecular weight excluding hydrogens is 260 g/mol. The molecule has 1 fully saturated rings. The van der Waals surface area contributed by atoms with Gasteiger partial charge in [-0.05, 0) is 42.4 Å². The van der Waals surface area contributed by atoms with Crippen molar-refractivity contribution in [1.82, 2.24) is 0 Å². The first kappa shape index (κ1) is 16.3. The minimum Gasteiger partial charge on any atom is -0.508 e. The molecule has 1 aromatic rings. The summed E-state index contributed by atoms with van der Waals surface area (Å²) >= 11 is 0. The van der Waals surface area contributed by atoms with Crippen molar-refractivity contribution in [3.63, 3.8) is 0 Å². The number of rotatable bonds is 4. The summed E-state index contributed by atoms with van der Waals surface area (Å²) in [6.45, 7) is 2.23. The average molecular weight is 285 g/mol. The fourth-order valence-corrected chi connectivity index (χ4v) is 3.27. The van der Waals surface area contributed by atoms with Crippen molar-refractivity contribution in [2.45, 2.75) is 51.6 Å². The lowest BCUT2D eigenvalue weighted by molar-refractivity contribution is 0.0666. The van der Waals surface area contributed by atoms with Crippen LogP contribution in [0.4, 0.5) is 0 Å². The molecule has 1 aliphatic carbocycles. The van der Waals surface area contributed by atoms with Crippen molar-refractivity contribution in [3.05, 3.63) is 29.8 Å². The van der Waals surface area contributed by atoms with Gasteiger partial charge in [0.2, 0.25) is 0 Å². The van der Waals surface area contributed by atoms with E-state index in [0.29, 0.717) is 5.92 Å². The van der Waals surface area contributed by atoms with Crippen LogP contribution in [0.5, 0.6) is 5.75 Å². The molecule has 1 aliphatic rings. The molecule has 0 heterocycles. The Morgan fingerprint density at radius 2 is 2.11 bits per heavy atom. The van der Waals surface area contributed by atoms with Crippen molar-refractivity contribution >= 4 is 12.4 Å². The highest BCUT2D eigenvalue weighted by atomic mass is 35.5. The number of aliphatic hydroxyl groups is 1. The Bertz CT molecular complexity index is 379. The number of hydrogen-bond acceptors (Lipinski definition) is 2. The zero-order chi connectivity index (χ0) is 13.0. The van der Waals surface area contributed by atoms with E-state index in [-0.39, 0.29) is 18.2 Å². The smallest absolute Gasteiger partial charge is 0.115 e. The SMILES string of the molecule is CCC[C@@H]1CCC[C@@H]([C@H](O)c2cccc(O)c2)C1.Cl. The normalized spacial score (nSPS) is 24.5. The minimum atomic E-state index is -0.420. The van der Waals surface area contributed by atoms with Crippen molar-refractivity contribution in [3.8, 4) is 5.75 Å². The second-order valence-corrected chi connectivity index (χ2v) is 5.62. The Hall–Kier alpha value is -0.730. The molecule has 0 spiro atoms. The second kappa shape index (κ2) is 7.76. The molecule has 0 radical (unpaired) electrons. The van der Waals surface area contributed by atoms with E-state index in [2.05, 4.69) is 6.92 Å². The number of phenolic OH excluding ortho intramolecular Hbond substituents is 1. The Morgan fingerprint density at radius 1 is 1.32 bits per heavy atom. The first-order valence-electron chi connectivity index (χ1n) is 7.17. The van der Waals surface area contributed by atoms with Crippen LogP contribution in [0.2, 0.25) is 0 Å². The van der Waals surface area contributed by atoms with Crippen LogP contribution in [0.25, 0.3) is 0 Å². The minimum absolute atomic E-state index is 0. The lowest BCUT2D eigenvalue weighted by Gasteiger charge is -2.32. The molecule has 0 saturated heterocycles. The van der Waals surface area contributed by atoms with Gasteiger partial charge in [0.1, 0.15) is 5.75 Å². The Balaban J connectivity index is 0.00000180. The van der Waals surface area contributed by atoms with Gasteiger partial charge in [-0.25, -0.2) is 0 Å². The molecule has 0 bridgehead atoms. The van der Waals surface area contributed by atoms with Crippen molar-refractivity contribution < 1.29 is 10.2 Å². The van der Waals surface area contributed by atoms with E-state index in [1.807, 2.05) is 6.07 Å². The Labute approximate surface area is 122 Å².